The number of hydrogen-bond acceptors (Lipinski definition) is 6. The summed E-state index contributed by atoms with van der Waals surface area (Å²) in [6.07, 6.45) is 0.594. The van der Waals surface area contributed by atoms with Gasteiger partial charge in [0.2, 0.25) is 10.1 Å². The fourth-order valence-electron chi connectivity index (χ4n) is 1.65. The van der Waals surface area contributed by atoms with Crippen LogP contribution < -0.4 is 10.5 Å². The highest BCUT2D eigenvalue weighted by atomic mass is 35.5. The molecule has 0 bridgehead atoms. The van der Waals surface area contributed by atoms with Crippen LogP contribution in [0.4, 0.5) is 5.13 Å². The zero-order valence-electron chi connectivity index (χ0n) is 9.78. The summed E-state index contributed by atoms with van der Waals surface area (Å²) < 4.78 is 7.23. The van der Waals surface area contributed by atoms with E-state index in [1.165, 1.54) is 11.3 Å². The quantitative estimate of drug-likeness (QED) is 0.797. The molecule has 0 unspecified atom stereocenters. The molecule has 6 nitrogen and oxygen atoms in total. The smallest absolute Gasteiger partial charge is 0.236 e. The zero-order chi connectivity index (χ0) is 13.2. The van der Waals surface area contributed by atoms with Crippen molar-refractivity contribution in [3.05, 3.63) is 35.1 Å². The number of anilines is 1. The van der Waals surface area contributed by atoms with Crippen molar-refractivity contribution in [3.8, 4) is 5.75 Å². The van der Waals surface area contributed by atoms with Crippen molar-refractivity contribution in [2.75, 3.05) is 12.3 Å². The largest absolute Gasteiger partial charge is 0.493 e. The Hall–Kier alpha value is -1.86. The maximum Gasteiger partial charge on any atom is 0.236 e. The maximum atomic E-state index is 5.88. The van der Waals surface area contributed by atoms with E-state index in [1.807, 2.05) is 12.1 Å². The standard InChI is InChI=1S/C11H10ClN5OS/c12-7-2-1-3-8(6-7)18-5-4-9-14-15-11-17(9)16-10(13)19-11/h1-3,6H,4-5H2,(H2,13,16). The average molecular weight is 296 g/mol. The number of nitrogen functional groups attached to an aromatic ring is 1. The minimum Gasteiger partial charge on any atom is -0.493 e. The molecule has 8 heteroatoms. The highest BCUT2D eigenvalue weighted by Gasteiger charge is 2.09. The molecule has 3 aromatic rings. The number of hydrogen-bond donors (Lipinski definition) is 1. The predicted molar refractivity (Wildman–Crippen MR) is 73.7 cm³/mol. The number of fused-ring (bicyclic) bond motifs is 1. The molecule has 2 N–H and O–H groups in total. The molecule has 2 aromatic heterocycles. The number of rotatable bonds is 4. The van der Waals surface area contributed by atoms with Gasteiger partial charge in [-0.25, -0.2) is 0 Å². The van der Waals surface area contributed by atoms with Crippen LogP contribution in [0.15, 0.2) is 24.3 Å². The lowest BCUT2D eigenvalue weighted by molar-refractivity contribution is 0.318. The van der Waals surface area contributed by atoms with Crippen molar-refractivity contribution in [2.24, 2.45) is 0 Å². The molecule has 1 aromatic carbocycles. The molecule has 0 fully saturated rings. The minimum absolute atomic E-state index is 0.471. The summed E-state index contributed by atoms with van der Waals surface area (Å²) in [5, 5.41) is 13.3. The van der Waals surface area contributed by atoms with Gasteiger partial charge in [-0.15, -0.1) is 15.3 Å². The van der Waals surface area contributed by atoms with Crippen LogP contribution in [0.2, 0.25) is 5.02 Å². The molecule has 3 rings (SSSR count). The molecule has 0 aliphatic rings. The molecular weight excluding hydrogens is 286 g/mol. The zero-order valence-corrected chi connectivity index (χ0v) is 11.4. The normalized spacial score (nSPS) is 11.0. The van der Waals surface area contributed by atoms with Gasteiger partial charge in [-0.2, -0.15) is 4.52 Å². The highest BCUT2D eigenvalue weighted by molar-refractivity contribution is 7.20. The second-order valence-electron chi connectivity index (χ2n) is 3.81. The lowest BCUT2D eigenvalue weighted by Gasteiger charge is -2.04. The van der Waals surface area contributed by atoms with Crippen LogP contribution in [-0.2, 0) is 6.42 Å². The Morgan fingerprint density at radius 2 is 2.26 bits per heavy atom. The van der Waals surface area contributed by atoms with Crippen LogP contribution in [-0.4, -0.2) is 26.4 Å². The lowest BCUT2D eigenvalue weighted by Crippen LogP contribution is -2.05. The third-order valence-corrected chi connectivity index (χ3v) is 3.42. The molecule has 0 amide bonds. The molecular formula is C11H10ClN5OS. The van der Waals surface area contributed by atoms with E-state index in [4.69, 9.17) is 22.1 Å². The summed E-state index contributed by atoms with van der Waals surface area (Å²) in [6, 6.07) is 7.26. The van der Waals surface area contributed by atoms with E-state index in [9.17, 15) is 0 Å². The van der Waals surface area contributed by atoms with Gasteiger partial charge in [0.1, 0.15) is 5.75 Å². The van der Waals surface area contributed by atoms with Gasteiger partial charge < -0.3 is 10.5 Å². The molecule has 0 aliphatic heterocycles. The molecule has 0 spiro atoms. The SMILES string of the molecule is Nc1nn2c(CCOc3cccc(Cl)c3)nnc2s1. The van der Waals surface area contributed by atoms with Crippen molar-refractivity contribution in [3.63, 3.8) is 0 Å². The number of nitrogens with zero attached hydrogens (tertiary/aromatic N) is 4. The van der Waals surface area contributed by atoms with E-state index in [-0.39, 0.29) is 0 Å². The van der Waals surface area contributed by atoms with E-state index in [0.29, 0.717) is 28.1 Å². The van der Waals surface area contributed by atoms with Crippen molar-refractivity contribution in [1.82, 2.24) is 19.8 Å². The summed E-state index contributed by atoms with van der Waals surface area (Å²) in [5.41, 5.74) is 5.61. The topological polar surface area (TPSA) is 78.3 Å². The molecule has 0 atom stereocenters. The van der Waals surface area contributed by atoms with Crippen LogP contribution in [0.3, 0.4) is 0 Å². The van der Waals surface area contributed by atoms with Gasteiger partial charge in [0.15, 0.2) is 5.82 Å². The Morgan fingerprint density at radius 3 is 3.11 bits per heavy atom. The second kappa shape index (κ2) is 5.02. The van der Waals surface area contributed by atoms with E-state index in [0.717, 1.165) is 11.6 Å². The first-order valence-electron chi connectivity index (χ1n) is 5.57. The summed E-state index contributed by atoms with van der Waals surface area (Å²) in [7, 11) is 0. The Balaban J connectivity index is 1.66. The van der Waals surface area contributed by atoms with Crippen molar-refractivity contribution < 1.29 is 4.74 Å². The van der Waals surface area contributed by atoms with Crippen LogP contribution in [0.25, 0.3) is 4.96 Å². The lowest BCUT2D eigenvalue weighted by atomic mass is 10.3. The Kier molecular flexibility index (Phi) is 3.22. The molecule has 0 saturated heterocycles. The first-order valence-corrected chi connectivity index (χ1v) is 6.77. The van der Waals surface area contributed by atoms with E-state index in [2.05, 4.69) is 15.3 Å². The number of benzene rings is 1. The van der Waals surface area contributed by atoms with Crippen LogP contribution in [0.1, 0.15) is 5.82 Å². The summed E-state index contributed by atoms with van der Waals surface area (Å²) >= 11 is 7.18. The molecule has 0 radical (unpaired) electrons. The summed E-state index contributed by atoms with van der Waals surface area (Å²) in [6.45, 7) is 0.471. The highest BCUT2D eigenvalue weighted by Crippen LogP contribution is 2.18. The third-order valence-electron chi connectivity index (χ3n) is 2.46. The molecule has 0 aliphatic carbocycles. The number of halogens is 1. The summed E-state index contributed by atoms with van der Waals surface area (Å²) in [4.78, 5) is 0.690. The number of aromatic nitrogens is 4. The first-order chi connectivity index (χ1) is 9.22. The fraction of sp³-hybridized carbons (Fsp3) is 0.182. The van der Waals surface area contributed by atoms with Gasteiger partial charge in [-0.1, -0.05) is 29.0 Å². The van der Waals surface area contributed by atoms with Gasteiger partial charge in [-0.3, -0.25) is 0 Å². The first kappa shape index (κ1) is 12.2. The Bertz CT molecular complexity index is 710. The van der Waals surface area contributed by atoms with Crippen LogP contribution >= 0.6 is 22.9 Å². The van der Waals surface area contributed by atoms with E-state index >= 15 is 0 Å². The van der Waals surface area contributed by atoms with Gasteiger partial charge in [-0.05, 0) is 18.2 Å². The molecule has 2 heterocycles. The van der Waals surface area contributed by atoms with Gasteiger partial charge in [0.05, 0.1) is 6.61 Å². The maximum absolute atomic E-state index is 5.88. The van der Waals surface area contributed by atoms with Crippen molar-refractivity contribution >= 4 is 33.0 Å². The summed E-state index contributed by atoms with van der Waals surface area (Å²) in [5.74, 6) is 1.45. The van der Waals surface area contributed by atoms with Gasteiger partial charge in [0, 0.05) is 11.4 Å². The number of ether oxygens (including phenoxy) is 1. The fourth-order valence-corrected chi connectivity index (χ4v) is 2.45. The van der Waals surface area contributed by atoms with Crippen molar-refractivity contribution in [1.29, 1.82) is 0 Å². The van der Waals surface area contributed by atoms with Crippen LogP contribution in [0, 0.1) is 0 Å². The minimum atomic E-state index is 0.471. The Morgan fingerprint density at radius 1 is 1.37 bits per heavy atom. The van der Waals surface area contributed by atoms with Crippen LogP contribution in [0.5, 0.6) is 5.75 Å². The van der Waals surface area contributed by atoms with Gasteiger partial charge >= 0.3 is 0 Å². The average Bonchev–Trinajstić information content (AvgIpc) is 2.90. The van der Waals surface area contributed by atoms with Crippen molar-refractivity contribution in [2.45, 2.75) is 6.42 Å². The molecule has 19 heavy (non-hydrogen) atoms. The second-order valence-corrected chi connectivity index (χ2v) is 5.23. The molecule has 0 saturated carbocycles. The third kappa shape index (κ3) is 2.61. The Labute approximate surface area is 117 Å². The van der Waals surface area contributed by atoms with Gasteiger partial charge in [0.25, 0.3) is 0 Å². The number of nitrogens with two attached hydrogens (primary N) is 1. The monoisotopic (exact) mass is 295 g/mol. The van der Waals surface area contributed by atoms with E-state index < -0.39 is 0 Å². The predicted octanol–water partition coefficient (Wildman–Crippen LogP) is 2.04. The molecule has 98 valence electrons. The van der Waals surface area contributed by atoms with E-state index in [1.54, 1.807) is 16.6 Å².